The quantitative estimate of drug-likeness (QED) is 0.166. The van der Waals surface area contributed by atoms with E-state index in [0.29, 0.717) is 0 Å². The average molecular weight is 772 g/mol. The molecule has 0 atom stereocenters. The first-order chi connectivity index (χ1) is 28.9. The number of para-hydroxylation sites is 3. The first-order valence-electron chi connectivity index (χ1n) is 20.6. The molecule has 0 bridgehead atoms. The molecule has 0 saturated heterocycles. The van der Waals surface area contributed by atoms with Crippen LogP contribution < -0.4 is 25.5 Å². The van der Waals surface area contributed by atoms with E-state index in [1.54, 1.807) is 0 Å². The van der Waals surface area contributed by atoms with Crippen molar-refractivity contribution in [3.05, 3.63) is 181 Å². The molecule has 0 N–H and O–H groups in total. The molecule has 0 radical (unpaired) electrons. The van der Waals surface area contributed by atoms with E-state index >= 15 is 0 Å². The van der Waals surface area contributed by atoms with Gasteiger partial charge in [0, 0.05) is 64.8 Å². The number of fused-ring (bicyclic) bond motifs is 13. The van der Waals surface area contributed by atoms with E-state index in [-0.39, 0.29) is 12.1 Å². The predicted octanol–water partition coefficient (Wildman–Crippen LogP) is 13.1. The minimum absolute atomic E-state index is 0.00306. The Morgan fingerprint density at radius 1 is 0.475 bits per heavy atom. The molecule has 0 amide bonds. The molecule has 0 spiro atoms. The molecule has 278 valence electrons. The second-order valence-corrected chi connectivity index (χ2v) is 18.4. The monoisotopic (exact) mass is 771 g/mol. The zero-order valence-electron chi connectivity index (χ0n) is 33.1. The second-order valence-electron chi connectivity index (χ2n) is 17.3. The van der Waals surface area contributed by atoms with Gasteiger partial charge in [-0.1, -0.05) is 130 Å². The minimum atomic E-state index is 0.00306. The highest BCUT2D eigenvalue weighted by molar-refractivity contribution is 7.34. The van der Waals surface area contributed by atoms with Gasteiger partial charge in [0.15, 0.2) is 0 Å². The predicted molar refractivity (Wildman–Crippen MR) is 255 cm³/mol. The highest BCUT2D eigenvalue weighted by Crippen LogP contribution is 2.51. The largest absolute Gasteiger partial charge is 0.311 e. The molecule has 59 heavy (non-hydrogen) atoms. The van der Waals surface area contributed by atoms with E-state index in [1.165, 1.54) is 109 Å². The fourth-order valence-corrected chi connectivity index (χ4v) is 11.8. The fourth-order valence-electron chi connectivity index (χ4n) is 10.5. The number of nitrogens with zero attached hydrogens (tertiary/aromatic N) is 3. The molecule has 0 saturated carbocycles. The van der Waals surface area contributed by atoms with Crippen LogP contribution in [0.1, 0.15) is 26.3 Å². The smallest absolute Gasteiger partial charge is 0.265 e. The molecule has 0 aliphatic carbocycles. The van der Waals surface area contributed by atoms with Crippen molar-refractivity contribution in [2.24, 2.45) is 0 Å². The minimum Gasteiger partial charge on any atom is -0.311 e. The third kappa shape index (κ3) is 4.48. The Hall–Kier alpha value is -6.82. The summed E-state index contributed by atoms with van der Waals surface area (Å²) < 4.78 is 5.25. The first kappa shape index (κ1) is 33.2. The van der Waals surface area contributed by atoms with Crippen molar-refractivity contribution in [1.29, 1.82) is 0 Å². The molecular weight excluding hydrogens is 733 g/mol. The van der Waals surface area contributed by atoms with E-state index < -0.39 is 0 Å². The zero-order chi connectivity index (χ0) is 39.1. The van der Waals surface area contributed by atoms with Gasteiger partial charge in [-0.25, -0.2) is 0 Å². The standard InChI is InChI=1S/C54H38BN3S/c1-54(2,3)35-28-29-47-41(31-35)52-53(59-47)55-49-44(26-15-27-45(49)57(52)37-21-14-18-34(30-37)33-16-6-4-7-17-33)56(36-19-8-5-9-20-36)46-32-40-38-22-10-12-24-42(38)58-43-25-13-11-23-39(43)48(50(46)55)51(40)58/h4-32H,1-3H3. The van der Waals surface area contributed by atoms with Gasteiger partial charge in [0.2, 0.25) is 0 Å². The summed E-state index contributed by atoms with van der Waals surface area (Å²) in [5.41, 5.74) is 17.7. The van der Waals surface area contributed by atoms with Gasteiger partial charge in [0.05, 0.1) is 22.2 Å². The topological polar surface area (TPSA) is 10.9 Å². The summed E-state index contributed by atoms with van der Waals surface area (Å²) in [5, 5.41) is 6.57. The second kappa shape index (κ2) is 11.9. The maximum Gasteiger partial charge on any atom is 0.265 e. The van der Waals surface area contributed by atoms with Crippen LogP contribution in [0.15, 0.2) is 176 Å². The Kier molecular flexibility index (Phi) is 6.68. The summed E-state index contributed by atoms with van der Waals surface area (Å²) in [5.74, 6) is 0. The van der Waals surface area contributed by atoms with E-state index in [4.69, 9.17) is 0 Å². The Balaban J connectivity index is 1.21. The number of aromatic nitrogens is 1. The number of hydrogen-bond acceptors (Lipinski definition) is 3. The molecule has 5 heteroatoms. The summed E-state index contributed by atoms with van der Waals surface area (Å²) in [6.45, 7) is 6.99. The Morgan fingerprint density at radius 2 is 1.12 bits per heavy atom. The number of benzene rings is 8. The summed E-state index contributed by atoms with van der Waals surface area (Å²) in [7, 11) is 0. The molecule has 0 unspecified atom stereocenters. The van der Waals surface area contributed by atoms with Crippen LogP contribution in [0.4, 0.5) is 34.1 Å². The molecule has 5 heterocycles. The first-order valence-corrected chi connectivity index (χ1v) is 21.5. The Morgan fingerprint density at radius 3 is 1.90 bits per heavy atom. The van der Waals surface area contributed by atoms with Crippen LogP contribution in [-0.4, -0.2) is 11.1 Å². The highest BCUT2D eigenvalue weighted by Gasteiger charge is 2.47. The van der Waals surface area contributed by atoms with Gasteiger partial charge in [-0.3, -0.25) is 0 Å². The van der Waals surface area contributed by atoms with Gasteiger partial charge in [0.25, 0.3) is 6.71 Å². The summed E-state index contributed by atoms with van der Waals surface area (Å²) >= 11 is 1.98. The maximum atomic E-state index is 2.60. The summed E-state index contributed by atoms with van der Waals surface area (Å²) in [6.07, 6.45) is 0. The lowest BCUT2D eigenvalue weighted by Gasteiger charge is -2.43. The van der Waals surface area contributed by atoms with Crippen LogP contribution in [0, 0.1) is 0 Å². The van der Waals surface area contributed by atoms with E-state index in [0.717, 1.165) is 5.69 Å². The molecule has 13 rings (SSSR count). The fraction of sp³-hybridized carbons (Fsp3) is 0.0741. The third-order valence-electron chi connectivity index (χ3n) is 13.0. The van der Waals surface area contributed by atoms with Crippen molar-refractivity contribution < 1.29 is 0 Å². The van der Waals surface area contributed by atoms with Crippen LogP contribution in [0.2, 0.25) is 0 Å². The van der Waals surface area contributed by atoms with Gasteiger partial charge in [-0.15, -0.1) is 11.3 Å². The van der Waals surface area contributed by atoms with Crippen LogP contribution in [0.3, 0.4) is 0 Å². The molecule has 11 aromatic rings. The van der Waals surface area contributed by atoms with Gasteiger partial charge in [-0.2, -0.15) is 0 Å². The van der Waals surface area contributed by atoms with Crippen LogP contribution in [-0.2, 0) is 5.41 Å². The lowest BCUT2D eigenvalue weighted by Crippen LogP contribution is -2.60. The number of anilines is 6. The van der Waals surface area contributed by atoms with Crippen molar-refractivity contribution in [2.45, 2.75) is 26.2 Å². The van der Waals surface area contributed by atoms with Crippen molar-refractivity contribution in [2.75, 3.05) is 9.80 Å². The van der Waals surface area contributed by atoms with Crippen molar-refractivity contribution in [3.8, 4) is 11.1 Å². The van der Waals surface area contributed by atoms with Gasteiger partial charge >= 0.3 is 0 Å². The number of hydrogen-bond donors (Lipinski definition) is 0. The van der Waals surface area contributed by atoms with Gasteiger partial charge in [-0.05, 0) is 99.8 Å². The Bertz CT molecular complexity index is 3500. The lowest BCUT2D eigenvalue weighted by molar-refractivity contribution is 0.591. The summed E-state index contributed by atoms with van der Waals surface area (Å²) in [4.78, 5) is 5.15. The van der Waals surface area contributed by atoms with Crippen LogP contribution >= 0.6 is 11.3 Å². The van der Waals surface area contributed by atoms with Gasteiger partial charge in [0.1, 0.15) is 0 Å². The van der Waals surface area contributed by atoms with E-state index in [1.807, 2.05) is 11.3 Å². The van der Waals surface area contributed by atoms with Crippen molar-refractivity contribution in [1.82, 2.24) is 4.40 Å². The van der Waals surface area contributed by atoms with Gasteiger partial charge < -0.3 is 14.2 Å². The van der Waals surface area contributed by atoms with E-state index in [2.05, 4.69) is 211 Å². The van der Waals surface area contributed by atoms with Crippen LogP contribution in [0.5, 0.6) is 0 Å². The lowest BCUT2D eigenvalue weighted by atomic mass is 9.35. The molecule has 2 aliphatic rings. The zero-order valence-corrected chi connectivity index (χ0v) is 33.9. The summed E-state index contributed by atoms with van der Waals surface area (Å²) in [6, 6.07) is 65.8. The molecular formula is C54H38BN3S. The number of thiophene rings is 1. The van der Waals surface area contributed by atoms with Crippen LogP contribution in [0.25, 0.3) is 59.3 Å². The number of rotatable bonds is 3. The Labute approximate surface area is 347 Å². The molecule has 2 aliphatic heterocycles. The molecule has 0 fully saturated rings. The average Bonchev–Trinajstić information content (AvgIpc) is 3.93. The molecule has 3 nitrogen and oxygen atoms in total. The third-order valence-corrected chi connectivity index (χ3v) is 14.2. The van der Waals surface area contributed by atoms with E-state index in [9.17, 15) is 0 Å². The van der Waals surface area contributed by atoms with Crippen molar-refractivity contribution >= 4 is 116 Å². The molecule has 3 aromatic heterocycles. The van der Waals surface area contributed by atoms with Crippen molar-refractivity contribution in [3.63, 3.8) is 0 Å². The normalized spacial score (nSPS) is 13.6. The highest BCUT2D eigenvalue weighted by atomic mass is 32.1. The SMILES string of the molecule is CC(C)(C)c1ccc2sc3c(c2c1)N(c1cccc(-c2ccccc2)c1)c1cccc2c1B3c1c(cc3c4ccccc4n4c5ccccc5c1c34)N2c1ccccc1. The maximum absolute atomic E-state index is 2.60. The molecule has 8 aromatic carbocycles.